The van der Waals surface area contributed by atoms with Crippen molar-refractivity contribution in [1.82, 2.24) is 5.32 Å². The summed E-state index contributed by atoms with van der Waals surface area (Å²) >= 11 is 0. The van der Waals surface area contributed by atoms with Crippen LogP contribution in [0.1, 0.15) is 37.3 Å². The maximum Gasteiger partial charge on any atom is 0.573 e. The lowest BCUT2D eigenvalue weighted by Crippen LogP contribution is -2.39. The van der Waals surface area contributed by atoms with Gasteiger partial charge in [-0.25, -0.2) is 4.39 Å². The number of rotatable bonds is 6. The zero-order valence-electron chi connectivity index (χ0n) is 15.0. The summed E-state index contributed by atoms with van der Waals surface area (Å²) in [5.74, 6) is -1.28. The molecule has 150 valence electrons. The van der Waals surface area contributed by atoms with Crippen LogP contribution in [0.2, 0.25) is 0 Å². The first-order valence-electron chi connectivity index (χ1n) is 8.65. The van der Waals surface area contributed by atoms with E-state index in [4.69, 9.17) is 0 Å². The molecule has 0 saturated heterocycles. The molecule has 2 aromatic carbocycles. The molecule has 0 aromatic heterocycles. The molecule has 0 heterocycles. The first-order valence-corrected chi connectivity index (χ1v) is 8.65. The van der Waals surface area contributed by atoms with Gasteiger partial charge in [0, 0.05) is 0 Å². The van der Waals surface area contributed by atoms with Gasteiger partial charge in [-0.3, -0.25) is 4.79 Å². The minimum absolute atomic E-state index is 0.279. The summed E-state index contributed by atoms with van der Waals surface area (Å²) in [4.78, 5) is 12.5. The van der Waals surface area contributed by atoms with Crippen LogP contribution in [-0.4, -0.2) is 17.4 Å². The quantitative estimate of drug-likeness (QED) is 0.721. The van der Waals surface area contributed by atoms with E-state index in [0.717, 1.165) is 0 Å². The Kier molecular flexibility index (Phi) is 5.10. The Labute approximate surface area is 159 Å². The molecular weight excluding hydrogens is 378 g/mol. The first-order chi connectivity index (χ1) is 13.0. The summed E-state index contributed by atoms with van der Waals surface area (Å²) < 4.78 is 54.3. The van der Waals surface area contributed by atoms with Crippen molar-refractivity contribution in [3.8, 4) is 5.75 Å². The lowest BCUT2D eigenvalue weighted by Gasteiger charge is -2.26. The van der Waals surface area contributed by atoms with Crippen LogP contribution in [0.5, 0.6) is 5.75 Å². The Morgan fingerprint density at radius 3 is 2.39 bits per heavy atom. The van der Waals surface area contributed by atoms with Crippen LogP contribution in [-0.2, 0) is 15.9 Å². The maximum atomic E-state index is 13.0. The first kappa shape index (κ1) is 20.1. The number of amides is 1. The normalized spacial score (nSPS) is 17.5. The van der Waals surface area contributed by atoms with Crippen molar-refractivity contribution in [2.45, 2.75) is 43.7 Å². The zero-order chi connectivity index (χ0) is 20.6. The highest BCUT2D eigenvalue weighted by Crippen LogP contribution is 2.46. The Morgan fingerprint density at radius 2 is 1.82 bits per heavy atom. The number of ether oxygens (including phenoxy) is 1. The highest BCUT2D eigenvalue weighted by molar-refractivity contribution is 5.79. The van der Waals surface area contributed by atoms with Gasteiger partial charge in [0.05, 0.1) is 17.6 Å². The fourth-order valence-corrected chi connectivity index (χ4v) is 3.14. The number of benzene rings is 2. The molecule has 1 fully saturated rings. The summed E-state index contributed by atoms with van der Waals surface area (Å²) in [5.41, 5.74) is -1.41. The van der Waals surface area contributed by atoms with Crippen LogP contribution < -0.4 is 10.1 Å². The van der Waals surface area contributed by atoms with Crippen molar-refractivity contribution in [1.29, 1.82) is 0 Å². The van der Waals surface area contributed by atoms with Gasteiger partial charge in [0.1, 0.15) is 11.6 Å². The topological polar surface area (TPSA) is 58.6 Å². The fraction of sp³-hybridized carbons (Fsp3) is 0.350. The highest BCUT2D eigenvalue weighted by Gasteiger charge is 2.46. The fourth-order valence-electron chi connectivity index (χ4n) is 3.14. The smallest absolute Gasteiger partial charge is 0.406 e. The summed E-state index contributed by atoms with van der Waals surface area (Å²) in [7, 11) is 0. The van der Waals surface area contributed by atoms with Crippen molar-refractivity contribution in [3.63, 3.8) is 0 Å². The van der Waals surface area contributed by atoms with E-state index in [1.54, 1.807) is 6.07 Å². The maximum absolute atomic E-state index is 13.0. The predicted octanol–water partition coefficient (Wildman–Crippen LogP) is 4.13. The Balaban J connectivity index is 1.70. The SMILES string of the molecule is CC(O)(CC(=O)NC1(c2cccc(OC(F)(F)F)c2)CC1)c1ccc(F)cc1. The van der Waals surface area contributed by atoms with Crippen LogP contribution >= 0.6 is 0 Å². The number of aliphatic hydroxyl groups is 1. The van der Waals surface area contributed by atoms with E-state index in [1.165, 1.54) is 49.4 Å². The van der Waals surface area contributed by atoms with Crippen molar-refractivity contribution in [3.05, 3.63) is 65.5 Å². The van der Waals surface area contributed by atoms with Crippen LogP contribution in [0.25, 0.3) is 0 Å². The van der Waals surface area contributed by atoms with Gasteiger partial charge in [-0.05, 0) is 55.2 Å². The molecule has 28 heavy (non-hydrogen) atoms. The molecular formula is C20H19F4NO3. The number of carbonyl (C=O) groups is 1. The van der Waals surface area contributed by atoms with E-state index >= 15 is 0 Å². The highest BCUT2D eigenvalue weighted by atomic mass is 19.4. The minimum atomic E-state index is -4.80. The van der Waals surface area contributed by atoms with Crippen LogP contribution in [0.3, 0.4) is 0 Å². The zero-order valence-corrected chi connectivity index (χ0v) is 15.0. The largest absolute Gasteiger partial charge is 0.573 e. The third-order valence-corrected chi connectivity index (χ3v) is 4.72. The summed E-state index contributed by atoms with van der Waals surface area (Å²) in [6.45, 7) is 1.44. The van der Waals surface area contributed by atoms with Crippen molar-refractivity contribution in [2.75, 3.05) is 0 Å². The molecule has 1 amide bonds. The molecule has 3 rings (SSSR count). The number of carbonyl (C=O) groups excluding carboxylic acids is 1. The van der Waals surface area contributed by atoms with E-state index < -0.39 is 29.2 Å². The third-order valence-electron chi connectivity index (χ3n) is 4.72. The van der Waals surface area contributed by atoms with E-state index in [9.17, 15) is 27.5 Å². The summed E-state index contributed by atoms with van der Waals surface area (Å²) in [6.07, 6.45) is -3.95. The molecule has 2 aromatic rings. The van der Waals surface area contributed by atoms with E-state index in [1.807, 2.05) is 0 Å². The molecule has 8 heteroatoms. The van der Waals surface area contributed by atoms with E-state index in [0.29, 0.717) is 24.0 Å². The molecule has 1 aliphatic carbocycles. The molecule has 1 aliphatic rings. The Bertz CT molecular complexity index is 858. The number of alkyl halides is 3. The van der Waals surface area contributed by atoms with Gasteiger partial charge in [0.25, 0.3) is 0 Å². The molecule has 1 unspecified atom stereocenters. The third kappa shape index (κ3) is 4.81. The van der Waals surface area contributed by atoms with Gasteiger partial charge in [-0.1, -0.05) is 24.3 Å². The second-order valence-corrected chi connectivity index (χ2v) is 7.16. The monoisotopic (exact) mass is 397 g/mol. The average Bonchev–Trinajstić information content (AvgIpc) is 3.34. The van der Waals surface area contributed by atoms with Gasteiger partial charge >= 0.3 is 6.36 Å². The standard InChI is InChI=1S/C20H19F4NO3/c1-18(27,13-5-7-15(21)8-6-13)12-17(26)25-19(9-10-19)14-3-2-4-16(11-14)28-20(22,23)24/h2-8,11,27H,9-10,12H2,1H3,(H,25,26). The summed E-state index contributed by atoms with van der Waals surface area (Å²) in [6, 6.07) is 10.7. The number of nitrogens with one attached hydrogen (secondary N) is 1. The van der Waals surface area contributed by atoms with Gasteiger partial charge in [-0.15, -0.1) is 13.2 Å². The molecule has 1 atom stereocenters. The average molecular weight is 397 g/mol. The second kappa shape index (κ2) is 7.09. The molecule has 0 spiro atoms. The number of hydrogen-bond donors (Lipinski definition) is 2. The Hall–Kier alpha value is -2.61. The van der Waals surface area contributed by atoms with Crippen molar-refractivity contribution >= 4 is 5.91 Å². The predicted molar refractivity (Wildman–Crippen MR) is 92.8 cm³/mol. The molecule has 0 bridgehead atoms. The molecule has 1 saturated carbocycles. The second-order valence-electron chi connectivity index (χ2n) is 7.16. The van der Waals surface area contributed by atoms with Crippen molar-refractivity contribution in [2.24, 2.45) is 0 Å². The van der Waals surface area contributed by atoms with Crippen LogP contribution in [0, 0.1) is 5.82 Å². The lowest BCUT2D eigenvalue weighted by molar-refractivity contribution is -0.274. The molecule has 4 nitrogen and oxygen atoms in total. The van der Waals surface area contributed by atoms with Gasteiger partial charge in [0.2, 0.25) is 5.91 Å². The lowest BCUT2D eigenvalue weighted by atomic mass is 9.92. The minimum Gasteiger partial charge on any atom is -0.406 e. The molecule has 0 radical (unpaired) electrons. The molecule has 2 N–H and O–H groups in total. The van der Waals surface area contributed by atoms with Gasteiger partial charge in [-0.2, -0.15) is 0 Å². The van der Waals surface area contributed by atoms with Gasteiger partial charge < -0.3 is 15.2 Å². The van der Waals surface area contributed by atoms with Crippen LogP contribution in [0.15, 0.2) is 48.5 Å². The number of hydrogen-bond acceptors (Lipinski definition) is 3. The molecule has 0 aliphatic heterocycles. The van der Waals surface area contributed by atoms with E-state index in [2.05, 4.69) is 10.1 Å². The van der Waals surface area contributed by atoms with Gasteiger partial charge in [0.15, 0.2) is 0 Å². The Morgan fingerprint density at radius 1 is 1.18 bits per heavy atom. The van der Waals surface area contributed by atoms with Crippen molar-refractivity contribution < 1.29 is 32.2 Å². The van der Waals surface area contributed by atoms with Crippen LogP contribution in [0.4, 0.5) is 17.6 Å². The van der Waals surface area contributed by atoms with E-state index in [-0.39, 0.29) is 12.2 Å². The summed E-state index contributed by atoms with van der Waals surface area (Å²) in [5, 5.41) is 13.4. The number of halogens is 4.